The quantitative estimate of drug-likeness (QED) is 0.313. The Hall–Kier alpha value is -3.30. The van der Waals surface area contributed by atoms with Crippen molar-refractivity contribution in [1.29, 1.82) is 0 Å². The van der Waals surface area contributed by atoms with Gasteiger partial charge in [-0.25, -0.2) is 4.98 Å². The summed E-state index contributed by atoms with van der Waals surface area (Å²) < 4.78 is 12.7. The molecule has 1 atom stereocenters. The highest BCUT2D eigenvalue weighted by atomic mass is 32.1. The molecule has 0 saturated carbocycles. The third-order valence-electron chi connectivity index (χ3n) is 6.84. The summed E-state index contributed by atoms with van der Waals surface area (Å²) in [6.45, 7) is 7.26. The van der Waals surface area contributed by atoms with Crippen LogP contribution in [0.25, 0.3) is 32.3 Å². The molecule has 0 radical (unpaired) electrons. The number of rotatable bonds is 8. The summed E-state index contributed by atoms with van der Waals surface area (Å²) in [5, 5.41) is 18.3. The summed E-state index contributed by atoms with van der Waals surface area (Å²) in [6.07, 6.45) is -0.543. The molecule has 0 amide bonds. The van der Waals surface area contributed by atoms with E-state index < -0.39 is 6.10 Å². The summed E-state index contributed by atoms with van der Waals surface area (Å²) in [5.41, 5.74) is 2.96. The summed E-state index contributed by atoms with van der Waals surface area (Å²) in [4.78, 5) is 9.19. The first kappa shape index (κ1) is 24.1. The molecule has 0 spiro atoms. The molecule has 0 unspecified atom stereocenters. The van der Waals surface area contributed by atoms with E-state index in [9.17, 15) is 5.11 Å². The lowest BCUT2D eigenvalue weighted by Crippen LogP contribution is -2.48. The van der Waals surface area contributed by atoms with Crippen LogP contribution >= 0.6 is 11.3 Å². The highest BCUT2D eigenvalue weighted by molar-refractivity contribution is 7.18. The van der Waals surface area contributed by atoms with Crippen LogP contribution in [0.1, 0.15) is 10.7 Å². The molecule has 1 saturated heterocycles. The van der Waals surface area contributed by atoms with Crippen LogP contribution in [0.15, 0.2) is 71.3 Å². The molecule has 2 aromatic heterocycles. The molecule has 8 heteroatoms. The highest BCUT2D eigenvalue weighted by Gasteiger charge is 2.21. The SMILES string of the molecule is Cc1nc2cc(OC[C@H](O)CN3CCN(Cc4cc(-c5cccc6ccccc56)on4)CC3)ccc2s1. The van der Waals surface area contributed by atoms with Crippen LogP contribution in [0.4, 0.5) is 0 Å². The fraction of sp³-hybridized carbons (Fsp3) is 0.310. The largest absolute Gasteiger partial charge is 0.491 e. The number of β-amino-alcohol motifs (C(OH)–C–C–N with tert-alkyl or cyclic N) is 1. The van der Waals surface area contributed by atoms with Gasteiger partial charge < -0.3 is 14.4 Å². The number of ether oxygens (including phenoxy) is 1. The van der Waals surface area contributed by atoms with Gasteiger partial charge in [-0.15, -0.1) is 11.3 Å². The van der Waals surface area contributed by atoms with Crippen LogP contribution in [-0.4, -0.2) is 70.5 Å². The number of aryl methyl sites for hydroxylation is 1. The Kier molecular flexibility index (Phi) is 6.89. The fourth-order valence-corrected chi connectivity index (χ4v) is 5.78. The molecule has 5 aromatic rings. The van der Waals surface area contributed by atoms with E-state index in [1.54, 1.807) is 11.3 Å². The van der Waals surface area contributed by atoms with Crippen LogP contribution in [-0.2, 0) is 6.54 Å². The first-order valence-corrected chi connectivity index (χ1v) is 13.5. The van der Waals surface area contributed by atoms with Crippen molar-refractivity contribution < 1.29 is 14.4 Å². The average molecular weight is 515 g/mol. The molecule has 3 aromatic carbocycles. The van der Waals surface area contributed by atoms with Gasteiger partial charge in [0.1, 0.15) is 18.5 Å². The Morgan fingerprint density at radius 2 is 1.81 bits per heavy atom. The van der Waals surface area contributed by atoms with Crippen LogP contribution in [0.3, 0.4) is 0 Å². The first-order valence-electron chi connectivity index (χ1n) is 12.7. The van der Waals surface area contributed by atoms with E-state index in [-0.39, 0.29) is 6.61 Å². The Balaban J connectivity index is 0.981. The van der Waals surface area contributed by atoms with E-state index in [2.05, 4.69) is 56.3 Å². The van der Waals surface area contributed by atoms with Gasteiger partial charge in [0.25, 0.3) is 0 Å². The monoisotopic (exact) mass is 514 g/mol. The molecule has 3 heterocycles. The second kappa shape index (κ2) is 10.6. The molecule has 190 valence electrons. The van der Waals surface area contributed by atoms with Gasteiger partial charge in [-0.3, -0.25) is 9.80 Å². The van der Waals surface area contributed by atoms with Crippen molar-refractivity contribution in [2.24, 2.45) is 0 Å². The minimum atomic E-state index is -0.543. The Morgan fingerprint density at radius 3 is 2.70 bits per heavy atom. The zero-order valence-corrected chi connectivity index (χ0v) is 21.7. The topological polar surface area (TPSA) is 74.9 Å². The molecular formula is C29H30N4O3S. The maximum Gasteiger partial charge on any atom is 0.167 e. The molecule has 1 aliphatic rings. The number of piperazine rings is 1. The minimum Gasteiger partial charge on any atom is -0.491 e. The van der Waals surface area contributed by atoms with E-state index in [1.807, 2.05) is 37.3 Å². The average Bonchev–Trinajstić information content (AvgIpc) is 3.53. The third-order valence-corrected chi connectivity index (χ3v) is 7.79. The molecule has 7 nitrogen and oxygen atoms in total. The molecular weight excluding hydrogens is 484 g/mol. The minimum absolute atomic E-state index is 0.269. The van der Waals surface area contributed by atoms with Crippen molar-refractivity contribution in [2.45, 2.75) is 19.6 Å². The fourth-order valence-electron chi connectivity index (χ4n) is 4.97. The van der Waals surface area contributed by atoms with Crippen molar-refractivity contribution in [3.63, 3.8) is 0 Å². The van der Waals surface area contributed by atoms with Crippen LogP contribution in [0.5, 0.6) is 5.75 Å². The number of aliphatic hydroxyl groups excluding tert-OH is 1. The molecule has 37 heavy (non-hydrogen) atoms. The van der Waals surface area contributed by atoms with Crippen molar-refractivity contribution in [2.75, 3.05) is 39.3 Å². The lowest BCUT2D eigenvalue weighted by Gasteiger charge is -2.35. The summed E-state index contributed by atoms with van der Waals surface area (Å²) in [5.74, 6) is 1.55. The summed E-state index contributed by atoms with van der Waals surface area (Å²) in [6, 6.07) is 22.5. The number of aliphatic hydroxyl groups is 1. The van der Waals surface area contributed by atoms with Crippen LogP contribution < -0.4 is 4.74 Å². The lowest BCUT2D eigenvalue weighted by atomic mass is 10.0. The summed E-state index contributed by atoms with van der Waals surface area (Å²) >= 11 is 1.67. The van der Waals surface area contributed by atoms with Gasteiger partial charge in [-0.1, -0.05) is 47.6 Å². The number of fused-ring (bicyclic) bond motifs is 2. The number of hydrogen-bond acceptors (Lipinski definition) is 8. The predicted octanol–water partition coefficient (Wildman–Crippen LogP) is 4.97. The van der Waals surface area contributed by atoms with Crippen molar-refractivity contribution in [1.82, 2.24) is 19.9 Å². The van der Waals surface area contributed by atoms with Gasteiger partial charge in [0.15, 0.2) is 5.76 Å². The van der Waals surface area contributed by atoms with Gasteiger partial charge in [-0.05, 0) is 29.8 Å². The Morgan fingerprint density at radius 1 is 1.00 bits per heavy atom. The number of thiazole rings is 1. The van der Waals surface area contributed by atoms with Crippen LogP contribution in [0, 0.1) is 6.92 Å². The zero-order chi connectivity index (χ0) is 25.2. The highest BCUT2D eigenvalue weighted by Crippen LogP contribution is 2.29. The van der Waals surface area contributed by atoms with Crippen molar-refractivity contribution in [3.05, 3.63) is 77.4 Å². The molecule has 0 aliphatic carbocycles. The first-order chi connectivity index (χ1) is 18.1. The van der Waals surface area contributed by atoms with E-state index >= 15 is 0 Å². The third kappa shape index (κ3) is 5.52. The second-order valence-electron chi connectivity index (χ2n) is 9.61. The predicted molar refractivity (Wildman–Crippen MR) is 147 cm³/mol. The Bertz CT molecular complexity index is 1500. The zero-order valence-electron chi connectivity index (χ0n) is 20.8. The van der Waals surface area contributed by atoms with E-state index in [4.69, 9.17) is 9.26 Å². The molecule has 6 rings (SSSR count). The second-order valence-corrected chi connectivity index (χ2v) is 10.8. The van der Waals surface area contributed by atoms with Gasteiger partial charge in [-0.2, -0.15) is 0 Å². The molecule has 1 fully saturated rings. The normalized spacial score (nSPS) is 15.9. The van der Waals surface area contributed by atoms with Crippen molar-refractivity contribution >= 4 is 32.3 Å². The number of aromatic nitrogens is 2. The van der Waals surface area contributed by atoms with Gasteiger partial charge in [0.05, 0.1) is 20.9 Å². The maximum atomic E-state index is 10.6. The van der Waals surface area contributed by atoms with E-state index in [0.29, 0.717) is 6.54 Å². The van der Waals surface area contributed by atoms with Crippen LogP contribution in [0.2, 0.25) is 0 Å². The maximum absolute atomic E-state index is 10.6. The summed E-state index contributed by atoms with van der Waals surface area (Å²) in [7, 11) is 0. The van der Waals surface area contributed by atoms with Gasteiger partial charge >= 0.3 is 0 Å². The Labute approximate surface area is 219 Å². The number of hydrogen-bond donors (Lipinski definition) is 1. The lowest BCUT2D eigenvalue weighted by molar-refractivity contribution is 0.0442. The number of benzene rings is 3. The standard InChI is InChI=1S/C29H30N4O3S/c1-20-30-27-16-24(9-10-29(27)37-20)35-19-23(34)18-33-13-11-32(12-14-33)17-22-15-28(36-31-22)26-8-4-6-21-5-2-3-7-25(21)26/h2-10,15-16,23,34H,11-14,17-19H2,1H3/t23-/m1/s1. The van der Waals surface area contributed by atoms with Crippen molar-refractivity contribution in [3.8, 4) is 17.1 Å². The molecule has 1 aliphatic heterocycles. The van der Waals surface area contributed by atoms with E-state index in [1.165, 1.54) is 10.8 Å². The van der Waals surface area contributed by atoms with Gasteiger partial charge in [0, 0.05) is 57.0 Å². The number of nitrogens with zero attached hydrogens (tertiary/aromatic N) is 4. The van der Waals surface area contributed by atoms with E-state index in [0.717, 1.165) is 70.7 Å². The smallest absolute Gasteiger partial charge is 0.167 e. The van der Waals surface area contributed by atoms with Gasteiger partial charge in [0.2, 0.25) is 0 Å². The molecule has 1 N–H and O–H groups in total. The molecule has 0 bridgehead atoms.